The summed E-state index contributed by atoms with van der Waals surface area (Å²) in [5, 5.41) is 9.58. The average molecular weight is 262 g/mol. The van der Waals surface area contributed by atoms with Crippen LogP contribution in [-0.2, 0) is 0 Å². The number of amides is 1. The highest BCUT2D eigenvalue weighted by molar-refractivity contribution is 5.96. The van der Waals surface area contributed by atoms with Crippen LogP contribution in [0.25, 0.3) is 0 Å². The third-order valence-corrected chi connectivity index (χ3v) is 3.37. The van der Waals surface area contributed by atoms with Crippen molar-refractivity contribution in [1.29, 1.82) is 0 Å². The molecule has 19 heavy (non-hydrogen) atoms. The lowest BCUT2D eigenvalue weighted by Gasteiger charge is -2.23. The van der Waals surface area contributed by atoms with Gasteiger partial charge in [0.05, 0.1) is 25.2 Å². The Bertz CT molecular complexity index is 485. The highest BCUT2D eigenvalue weighted by atomic mass is 16.3. The molecule has 4 N–H and O–H groups in total. The number of rotatable bonds is 4. The first-order valence-corrected chi connectivity index (χ1v) is 6.57. The second-order valence-corrected chi connectivity index (χ2v) is 4.63. The van der Waals surface area contributed by atoms with Crippen molar-refractivity contribution in [1.82, 2.24) is 10.9 Å². The predicted octanol–water partition coefficient (Wildman–Crippen LogP) is -0.181. The van der Waals surface area contributed by atoms with Gasteiger partial charge in [0.1, 0.15) is 5.75 Å². The van der Waals surface area contributed by atoms with Crippen LogP contribution in [0.15, 0.2) is 36.0 Å². The molecule has 1 heterocycles. The molecule has 0 radical (unpaired) electrons. The van der Waals surface area contributed by atoms with Crippen LogP contribution in [-0.4, -0.2) is 30.6 Å². The maximum atomic E-state index is 11.9. The van der Waals surface area contributed by atoms with E-state index in [1.54, 1.807) is 18.2 Å². The van der Waals surface area contributed by atoms with Crippen LogP contribution in [0.5, 0.6) is 5.75 Å². The number of benzene rings is 1. The van der Waals surface area contributed by atoms with Crippen molar-refractivity contribution in [3.63, 3.8) is 0 Å². The van der Waals surface area contributed by atoms with Crippen molar-refractivity contribution < 1.29 is 14.8 Å². The number of phenolic OH excluding ortho intramolecular Hbond substituents is 1. The van der Waals surface area contributed by atoms with Gasteiger partial charge in [-0.1, -0.05) is 12.1 Å². The standard InChI is InChI=1S/C14H19N3O2/c1-2-17-9-7-11(8-10-17)15-16-14(19)12-5-3-4-6-13(12)18/h3-7,15,18H,2,8-10H2,1H3,(H,16,19)/p+1. The number of para-hydroxylation sites is 1. The third-order valence-electron chi connectivity index (χ3n) is 3.37. The van der Waals surface area contributed by atoms with E-state index in [0.29, 0.717) is 0 Å². The van der Waals surface area contributed by atoms with Crippen molar-refractivity contribution in [3.8, 4) is 5.75 Å². The van der Waals surface area contributed by atoms with Gasteiger partial charge in [-0.15, -0.1) is 0 Å². The minimum Gasteiger partial charge on any atom is -0.507 e. The Balaban J connectivity index is 1.88. The van der Waals surface area contributed by atoms with Gasteiger partial charge in [0.2, 0.25) is 0 Å². The van der Waals surface area contributed by atoms with E-state index >= 15 is 0 Å². The quantitative estimate of drug-likeness (QED) is 0.569. The second kappa shape index (κ2) is 6.24. The Kier molecular flexibility index (Phi) is 4.41. The van der Waals surface area contributed by atoms with E-state index in [1.165, 1.54) is 11.0 Å². The Morgan fingerprint density at radius 1 is 1.42 bits per heavy atom. The zero-order valence-electron chi connectivity index (χ0n) is 11.1. The summed E-state index contributed by atoms with van der Waals surface area (Å²) in [5.74, 6) is -0.342. The maximum Gasteiger partial charge on any atom is 0.273 e. The molecule has 5 heteroatoms. The van der Waals surface area contributed by atoms with Crippen LogP contribution >= 0.6 is 0 Å². The summed E-state index contributed by atoms with van der Waals surface area (Å²) >= 11 is 0. The molecule has 102 valence electrons. The third kappa shape index (κ3) is 3.48. The van der Waals surface area contributed by atoms with Crippen LogP contribution < -0.4 is 15.8 Å². The molecule has 0 aromatic heterocycles. The lowest BCUT2D eigenvalue weighted by atomic mass is 10.2. The van der Waals surface area contributed by atoms with Gasteiger partial charge in [0, 0.05) is 12.1 Å². The zero-order chi connectivity index (χ0) is 13.7. The van der Waals surface area contributed by atoms with Gasteiger partial charge >= 0.3 is 0 Å². The fourth-order valence-electron chi connectivity index (χ4n) is 2.09. The van der Waals surface area contributed by atoms with Crippen LogP contribution in [0.4, 0.5) is 0 Å². The molecular formula is C14H20N3O2+. The molecule has 1 amide bonds. The van der Waals surface area contributed by atoms with Gasteiger partial charge in [0.15, 0.2) is 0 Å². The van der Waals surface area contributed by atoms with E-state index in [9.17, 15) is 9.90 Å². The zero-order valence-corrected chi connectivity index (χ0v) is 11.1. The van der Waals surface area contributed by atoms with Gasteiger partial charge in [-0.3, -0.25) is 10.2 Å². The van der Waals surface area contributed by atoms with Crippen molar-refractivity contribution >= 4 is 5.91 Å². The SMILES string of the molecule is CC[NH+]1CC=C(NNC(=O)c2ccccc2O)CC1. The minimum atomic E-state index is -0.329. The van der Waals surface area contributed by atoms with Crippen molar-refractivity contribution in [3.05, 3.63) is 41.6 Å². The summed E-state index contributed by atoms with van der Waals surface area (Å²) in [5.41, 5.74) is 6.84. The number of quaternary nitrogens is 1. The van der Waals surface area contributed by atoms with Gasteiger partial charge in [-0.25, -0.2) is 0 Å². The Hall–Kier alpha value is -2.01. The summed E-state index contributed by atoms with van der Waals surface area (Å²) in [6.45, 7) is 5.34. The summed E-state index contributed by atoms with van der Waals surface area (Å²) in [6, 6.07) is 6.49. The number of carbonyl (C=O) groups is 1. The van der Waals surface area contributed by atoms with Crippen LogP contribution in [0, 0.1) is 0 Å². The largest absolute Gasteiger partial charge is 0.507 e. The van der Waals surface area contributed by atoms with Gasteiger partial charge < -0.3 is 15.4 Å². The molecule has 1 unspecified atom stereocenters. The van der Waals surface area contributed by atoms with Gasteiger partial charge in [-0.05, 0) is 25.1 Å². The molecule has 0 fully saturated rings. The molecule has 0 aliphatic carbocycles. The molecule has 0 saturated carbocycles. The average Bonchev–Trinajstić information content (AvgIpc) is 2.46. The summed E-state index contributed by atoms with van der Waals surface area (Å²) in [4.78, 5) is 13.4. The Labute approximate surface area is 112 Å². The van der Waals surface area contributed by atoms with E-state index < -0.39 is 0 Å². The van der Waals surface area contributed by atoms with E-state index in [-0.39, 0.29) is 17.2 Å². The number of phenols is 1. The number of aromatic hydroxyl groups is 1. The van der Waals surface area contributed by atoms with Gasteiger partial charge in [-0.2, -0.15) is 0 Å². The molecule has 0 bridgehead atoms. The predicted molar refractivity (Wildman–Crippen MR) is 72.6 cm³/mol. The Morgan fingerprint density at radius 3 is 2.84 bits per heavy atom. The van der Waals surface area contributed by atoms with Crippen LogP contribution in [0.3, 0.4) is 0 Å². The molecule has 5 nitrogen and oxygen atoms in total. The molecule has 1 aromatic rings. The number of carbonyl (C=O) groups excluding carboxylic acids is 1. The molecule has 1 atom stereocenters. The lowest BCUT2D eigenvalue weighted by Crippen LogP contribution is -3.12. The van der Waals surface area contributed by atoms with Crippen molar-refractivity contribution in [2.24, 2.45) is 0 Å². The first kappa shape index (κ1) is 13.4. The highest BCUT2D eigenvalue weighted by Gasteiger charge is 2.14. The summed E-state index contributed by atoms with van der Waals surface area (Å²) in [6.07, 6.45) is 3.03. The first-order valence-electron chi connectivity index (χ1n) is 6.57. The normalized spacial score (nSPS) is 18.6. The smallest absolute Gasteiger partial charge is 0.273 e. The molecule has 1 aromatic carbocycles. The maximum absolute atomic E-state index is 11.9. The first-order chi connectivity index (χ1) is 9.20. The molecule has 1 aliphatic rings. The summed E-state index contributed by atoms with van der Waals surface area (Å²) in [7, 11) is 0. The number of hydrogen-bond acceptors (Lipinski definition) is 3. The monoisotopic (exact) mass is 262 g/mol. The fourth-order valence-corrected chi connectivity index (χ4v) is 2.09. The molecule has 2 rings (SSSR count). The Morgan fingerprint density at radius 2 is 2.21 bits per heavy atom. The van der Waals surface area contributed by atoms with Gasteiger partial charge in [0.25, 0.3) is 5.91 Å². The molecular weight excluding hydrogens is 242 g/mol. The molecule has 1 aliphatic heterocycles. The second-order valence-electron chi connectivity index (χ2n) is 4.63. The minimum absolute atomic E-state index is 0.0129. The van der Waals surface area contributed by atoms with E-state index in [2.05, 4.69) is 23.9 Å². The van der Waals surface area contributed by atoms with Crippen molar-refractivity contribution in [2.45, 2.75) is 13.3 Å². The van der Waals surface area contributed by atoms with E-state index in [1.807, 2.05) is 0 Å². The topological polar surface area (TPSA) is 65.8 Å². The number of nitrogens with one attached hydrogen (secondary N) is 3. The highest BCUT2D eigenvalue weighted by Crippen LogP contribution is 2.14. The number of likely N-dealkylation sites (N-methyl/N-ethyl adjacent to an activating group) is 1. The lowest BCUT2D eigenvalue weighted by molar-refractivity contribution is -0.893. The van der Waals surface area contributed by atoms with Crippen LogP contribution in [0.1, 0.15) is 23.7 Å². The fraction of sp³-hybridized carbons (Fsp3) is 0.357. The van der Waals surface area contributed by atoms with E-state index in [0.717, 1.165) is 31.8 Å². The van der Waals surface area contributed by atoms with Crippen molar-refractivity contribution in [2.75, 3.05) is 19.6 Å². The molecule has 0 saturated heterocycles. The van der Waals surface area contributed by atoms with Crippen LogP contribution in [0.2, 0.25) is 0 Å². The number of hydrogen-bond donors (Lipinski definition) is 4. The molecule has 0 spiro atoms. The summed E-state index contributed by atoms with van der Waals surface area (Å²) < 4.78 is 0. The van der Waals surface area contributed by atoms with E-state index in [4.69, 9.17) is 0 Å². The number of hydrazine groups is 1.